The number of ether oxygens (including phenoxy) is 3. The Kier molecular flexibility index (Phi) is 7.78. The molecule has 0 aliphatic carbocycles. The lowest BCUT2D eigenvalue weighted by molar-refractivity contribution is 0.0450. The number of methoxy groups -OCH3 is 1. The molecule has 0 spiro atoms. The summed E-state index contributed by atoms with van der Waals surface area (Å²) in [4.78, 5) is 12.1. The highest BCUT2D eigenvalue weighted by molar-refractivity contribution is 7.89. The van der Waals surface area contributed by atoms with Crippen molar-refractivity contribution >= 4 is 16.0 Å². The van der Waals surface area contributed by atoms with Crippen LogP contribution < -0.4 is 9.46 Å². The van der Waals surface area contributed by atoms with Gasteiger partial charge in [-0.2, -0.15) is 0 Å². The fourth-order valence-electron chi connectivity index (χ4n) is 2.21. The second-order valence-corrected chi connectivity index (χ2v) is 7.48. The Balaban J connectivity index is 1.82. The van der Waals surface area contributed by atoms with Crippen molar-refractivity contribution in [3.05, 3.63) is 59.7 Å². The summed E-state index contributed by atoms with van der Waals surface area (Å²) in [5, 5.41) is 0. The van der Waals surface area contributed by atoms with E-state index in [1.54, 1.807) is 0 Å². The van der Waals surface area contributed by atoms with Crippen molar-refractivity contribution in [2.75, 3.05) is 33.5 Å². The van der Waals surface area contributed by atoms with E-state index in [9.17, 15) is 13.2 Å². The number of hydrogen-bond donors (Lipinski definition) is 1. The van der Waals surface area contributed by atoms with E-state index in [0.29, 0.717) is 5.75 Å². The first-order valence-corrected chi connectivity index (χ1v) is 9.86. The van der Waals surface area contributed by atoms with Gasteiger partial charge in [-0.15, -0.1) is 0 Å². The number of sulfonamides is 1. The average Bonchev–Trinajstić information content (AvgIpc) is 2.65. The van der Waals surface area contributed by atoms with E-state index in [1.165, 1.54) is 31.4 Å². The molecule has 2 aromatic carbocycles. The standard InChI is InChI=1S/C19H23NO6S/c1-15-4-3-5-17(14-15)25-12-13-26-19(21)16-6-8-18(9-7-16)27(22,23)20-10-11-24-2/h3-9,14,20H,10-13H2,1-2H3. The molecule has 0 unspecified atom stereocenters. The molecule has 0 saturated heterocycles. The maximum atomic E-state index is 12.1. The largest absolute Gasteiger partial charge is 0.490 e. The van der Waals surface area contributed by atoms with E-state index < -0.39 is 16.0 Å². The molecule has 7 nitrogen and oxygen atoms in total. The minimum atomic E-state index is -3.63. The molecule has 0 heterocycles. The number of hydrogen-bond acceptors (Lipinski definition) is 6. The van der Waals surface area contributed by atoms with Crippen LogP contribution in [0.15, 0.2) is 53.4 Å². The molecule has 0 atom stereocenters. The first-order valence-electron chi connectivity index (χ1n) is 8.37. The lowest BCUT2D eigenvalue weighted by Crippen LogP contribution is -2.27. The van der Waals surface area contributed by atoms with Gasteiger partial charge < -0.3 is 14.2 Å². The number of nitrogens with one attached hydrogen (secondary N) is 1. The smallest absolute Gasteiger partial charge is 0.338 e. The predicted octanol–water partition coefficient (Wildman–Crippen LogP) is 2.16. The van der Waals surface area contributed by atoms with Crippen LogP contribution in [-0.2, 0) is 19.5 Å². The molecule has 0 aliphatic heterocycles. The monoisotopic (exact) mass is 393 g/mol. The van der Waals surface area contributed by atoms with Gasteiger partial charge in [-0.05, 0) is 48.9 Å². The Labute approximate surface area is 159 Å². The number of benzene rings is 2. The third-order valence-corrected chi connectivity index (χ3v) is 5.05. The van der Waals surface area contributed by atoms with Gasteiger partial charge >= 0.3 is 5.97 Å². The van der Waals surface area contributed by atoms with Gasteiger partial charge in [-0.25, -0.2) is 17.9 Å². The van der Waals surface area contributed by atoms with Crippen LogP contribution in [-0.4, -0.2) is 47.9 Å². The van der Waals surface area contributed by atoms with E-state index in [4.69, 9.17) is 14.2 Å². The van der Waals surface area contributed by atoms with Crippen LogP contribution in [0.25, 0.3) is 0 Å². The Hall–Kier alpha value is -2.42. The quantitative estimate of drug-likeness (QED) is 0.491. The Morgan fingerprint density at radius 3 is 2.44 bits per heavy atom. The summed E-state index contributed by atoms with van der Waals surface area (Å²) >= 11 is 0. The second kappa shape index (κ2) is 10.1. The van der Waals surface area contributed by atoms with Gasteiger partial charge in [-0.1, -0.05) is 12.1 Å². The summed E-state index contributed by atoms with van der Waals surface area (Å²) in [5.74, 6) is 0.167. The summed E-state index contributed by atoms with van der Waals surface area (Å²) in [6, 6.07) is 13.1. The minimum absolute atomic E-state index is 0.0675. The van der Waals surface area contributed by atoms with Crippen molar-refractivity contribution in [2.45, 2.75) is 11.8 Å². The van der Waals surface area contributed by atoms with Gasteiger partial charge in [0.25, 0.3) is 0 Å². The second-order valence-electron chi connectivity index (χ2n) is 5.72. The van der Waals surface area contributed by atoms with Crippen molar-refractivity contribution in [2.24, 2.45) is 0 Å². The highest BCUT2D eigenvalue weighted by atomic mass is 32.2. The van der Waals surface area contributed by atoms with Gasteiger partial charge in [0.05, 0.1) is 17.1 Å². The zero-order valence-electron chi connectivity index (χ0n) is 15.3. The first-order chi connectivity index (χ1) is 12.9. The number of carbonyl (C=O) groups excluding carboxylic acids is 1. The third kappa shape index (κ3) is 6.67. The maximum absolute atomic E-state index is 12.1. The van der Waals surface area contributed by atoms with Crippen LogP contribution in [0.2, 0.25) is 0 Å². The van der Waals surface area contributed by atoms with Crippen molar-refractivity contribution in [3.63, 3.8) is 0 Å². The molecule has 0 radical (unpaired) electrons. The highest BCUT2D eigenvalue weighted by Gasteiger charge is 2.15. The van der Waals surface area contributed by atoms with Crippen LogP contribution in [0.4, 0.5) is 0 Å². The van der Waals surface area contributed by atoms with Crippen molar-refractivity contribution in [1.29, 1.82) is 0 Å². The molecule has 2 aromatic rings. The molecule has 0 aromatic heterocycles. The fraction of sp³-hybridized carbons (Fsp3) is 0.316. The number of esters is 1. The van der Waals surface area contributed by atoms with Gasteiger partial charge in [0, 0.05) is 13.7 Å². The van der Waals surface area contributed by atoms with E-state index in [2.05, 4.69) is 4.72 Å². The van der Waals surface area contributed by atoms with E-state index in [1.807, 2.05) is 31.2 Å². The van der Waals surface area contributed by atoms with Gasteiger partial charge in [0.2, 0.25) is 10.0 Å². The molecule has 0 saturated carbocycles. The fourth-order valence-corrected chi connectivity index (χ4v) is 3.23. The molecule has 1 N–H and O–H groups in total. The summed E-state index contributed by atoms with van der Waals surface area (Å²) in [6.07, 6.45) is 0. The van der Waals surface area contributed by atoms with Crippen LogP contribution in [0.1, 0.15) is 15.9 Å². The number of rotatable bonds is 10. The molecule has 8 heteroatoms. The number of carbonyl (C=O) groups is 1. The third-order valence-electron chi connectivity index (χ3n) is 3.57. The summed E-state index contributed by atoms with van der Waals surface area (Å²) < 4.78 is 42.0. The molecular weight excluding hydrogens is 370 g/mol. The molecule has 0 amide bonds. The predicted molar refractivity (Wildman–Crippen MR) is 100 cm³/mol. The Bertz CT molecular complexity index is 849. The Morgan fingerprint density at radius 2 is 1.78 bits per heavy atom. The van der Waals surface area contributed by atoms with E-state index in [-0.39, 0.29) is 36.8 Å². The molecule has 0 aliphatic rings. The molecular formula is C19H23NO6S. The van der Waals surface area contributed by atoms with Crippen LogP contribution in [0.3, 0.4) is 0 Å². The maximum Gasteiger partial charge on any atom is 0.338 e. The topological polar surface area (TPSA) is 90.9 Å². The van der Waals surface area contributed by atoms with Gasteiger partial charge in [-0.3, -0.25) is 0 Å². The zero-order chi connectivity index (χ0) is 19.7. The van der Waals surface area contributed by atoms with Crippen molar-refractivity contribution < 1.29 is 27.4 Å². The van der Waals surface area contributed by atoms with Crippen molar-refractivity contribution in [1.82, 2.24) is 4.72 Å². The lowest BCUT2D eigenvalue weighted by atomic mass is 10.2. The van der Waals surface area contributed by atoms with Crippen LogP contribution >= 0.6 is 0 Å². The van der Waals surface area contributed by atoms with Crippen LogP contribution in [0.5, 0.6) is 5.75 Å². The lowest BCUT2D eigenvalue weighted by Gasteiger charge is -2.09. The average molecular weight is 393 g/mol. The molecule has 146 valence electrons. The highest BCUT2D eigenvalue weighted by Crippen LogP contribution is 2.13. The van der Waals surface area contributed by atoms with Gasteiger partial charge in [0.1, 0.15) is 19.0 Å². The molecule has 0 bridgehead atoms. The molecule has 2 rings (SSSR count). The summed E-state index contributed by atoms with van der Waals surface area (Å²) in [6.45, 7) is 2.72. The van der Waals surface area contributed by atoms with Crippen molar-refractivity contribution in [3.8, 4) is 5.75 Å². The normalized spacial score (nSPS) is 11.2. The zero-order valence-corrected chi connectivity index (χ0v) is 16.1. The first kappa shape index (κ1) is 20.9. The van der Waals surface area contributed by atoms with Crippen LogP contribution in [0, 0.1) is 6.92 Å². The SMILES string of the molecule is COCCNS(=O)(=O)c1ccc(C(=O)OCCOc2cccc(C)c2)cc1. The summed E-state index contributed by atoms with van der Waals surface area (Å²) in [7, 11) is -2.15. The summed E-state index contributed by atoms with van der Waals surface area (Å²) in [5.41, 5.74) is 1.35. The molecule has 0 fully saturated rings. The van der Waals surface area contributed by atoms with Gasteiger partial charge in [0.15, 0.2) is 0 Å². The number of aryl methyl sites for hydroxylation is 1. The molecule has 27 heavy (non-hydrogen) atoms. The van der Waals surface area contributed by atoms with E-state index in [0.717, 1.165) is 5.56 Å². The van der Waals surface area contributed by atoms with E-state index >= 15 is 0 Å². The minimum Gasteiger partial charge on any atom is -0.490 e. The Morgan fingerprint density at radius 1 is 1.04 bits per heavy atom.